The minimum atomic E-state index is -0.879. The second-order valence-electron chi connectivity index (χ2n) is 4.58. The number of halogens is 2. The van der Waals surface area contributed by atoms with Gasteiger partial charge in [0.05, 0.1) is 18.4 Å². The highest BCUT2D eigenvalue weighted by atomic mass is 32.2. The maximum absolute atomic E-state index is 13.2. The molecule has 2 aromatic carbocycles. The predicted molar refractivity (Wildman–Crippen MR) is 82.2 cm³/mol. The Labute approximate surface area is 135 Å². The molecule has 0 aliphatic rings. The highest BCUT2D eigenvalue weighted by Crippen LogP contribution is 2.29. The summed E-state index contributed by atoms with van der Waals surface area (Å²) in [5.74, 6) is 0.0608. The largest absolute Gasteiger partial charge is 0.496 e. The number of methoxy groups -OCH3 is 1. The molecule has 0 saturated heterocycles. The Morgan fingerprint density at radius 1 is 1.13 bits per heavy atom. The van der Waals surface area contributed by atoms with Crippen molar-refractivity contribution in [2.75, 3.05) is 7.11 Å². The molecule has 3 aromatic rings. The lowest BCUT2D eigenvalue weighted by Gasteiger charge is -2.03. The van der Waals surface area contributed by atoms with E-state index in [2.05, 4.69) is 10.1 Å². The molecule has 7 heteroatoms. The van der Waals surface area contributed by atoms with Crippen LogP contribution in [0.15, 0.2) is 51.9 Å². The zero-order valence-corrected chi connectivity index (χ0v) is 12.9. The zero-order valence-electron chi connectivity index (χ0n) is 12.1. The van der Waals surface area contributed by atoms with Crippen LogP contribution < -0.4 is 4.74 Å². The Bertz CT molecular complexity index is 823. The zero-order chi connectivity index (χ0) is 16.2. The first-order valence-corrected chi connectivity index (χ1v) is 7.70. The van der Waals surface area contributed by atoms with Crippen LogP contribution in [-0.4, -0.2) is 17.3 Å². The van der Waals surface area contributed by atoms with Gasteiger partial charge in [0.15, 0.2) is 11.6 Å². The fourth-order valence-electron chi connectivity index (χ4n) is 1.96. The summed E-state index contributed by atoms with van der Waals surface area (Å²) in [6.45, 7) is 0. The van der Waals surface area contributed by atoms with Gasteiger partial charge in [-0.25, -0.2) is 8.78 Å². The molecule has 4 nitrogen and oxygen atoms in total. The summed E-state index contributed by atoms with van der Waals surface area (Å²) in [6, 6.07) is 11.1. The molecule has 0 aliphatic carbocycles. The smallest absolute Gasteiger partial charge is 0.237 e. The van der Waals surface area contributed by atoms with E-state index in [0.29, 0.717) is 28.1 Å². The number of hydrogen-bond acceptors (Lipinski definition) is 5. The number of thioether (sulfide) groups is 1. The maximum Gasteiger partial charge on any atom is 0.237 e. The van der Waals surface area contributed by atoms with Gasteiger partial charge in [-0.15, -0.1) is 11.8 Å². The maximum atomic E-state index is 13.2. The van der Waals surface area contributed by atoms with Gasteiger partial charge in [0, 0.05) is 4.90 Å². The molecule has 0 spiro atoms. The fourth-order valence-corrected chi connectivity index (χ4v) is 2.72. The topological polar surface area (TPSA) is 48.2 Å². The third-order valence-electron chi connectivity index (χ3n) is 3.07. The van der Waals surface area contributed by atoms with Crippen LogP contribution in [0.5, 0.6) is 5.75 Å². The van der Waals surface area contributed by atoms with E-state index in [0.717, 1.165) is 17.7 Å². The van der Waals surface area contributed by atoms with Gasteiger partial charge in [0.25, 0.3) is 0 Å². The minimum Gasteiger partial charge on any atom is -0.496 e. The molecule has 1 aromatic heterocycles. The molecule has 0 N–H and O–H groups in total. The van der Waals surface area contributed by atoms with E-state index in [9.17, 15) is 8.78 Å². The summed E-state index contributed by atoms with van der Waals surface area (Å²) in [4.78, 5) is 4.88. The van der Waals surface area contributed by atoms with Crippen LogP contribution >= 0.6 is 11.8 Å². The average Bonchev–Trinajstić information content (AvgIpc) is 3.04. The lowest BCUT2D eigenvalue weighted by Crippen LogP contribution is -1.89. The molecule has 0 amide bonds. The Kier molecular flexibility index (Phi) is 4.57. The Morgan fingerprint density at radius 2 is 1.96 bits per heavy atom. The van der Waals surface area contributed by atoms with Crippen LogP contribution in [-0.2, 0) is 5.75 Å². The first-order valence-electron chi connectivity index (χ1n) is 6.71. The average molecular weight is 334 g/mol. The van der Waals surface area contributed by atoms with Crippen molar-refractivity contribution in [2.24, 2.45) is 0 Å². The number of rotatable bonds is 5. The number of para-hydroxylation sites is 1. The summed E-state index contributed by atoms with van der Waals surface area (Å²) in [7, 11) is 1.57. The van der Waals surface area contributed by atoms with Crippen LogP contribution in [0.2, 0.25) is 0 Å². The highest BCUT2D eigenvalue weighted by Gasteiger charge is 2.13. The Hall–Kier alpha value is -2.41. The minimum absolute atomic E-state index is 0.354. The molecule has 0 unspecified atom stereocenters. The highest BCUT2D eigenvalue weighted by molar-refractivity contribution is 7.98. The van der Waals surface area contributed by atoms with Gasteiger partial charge < -0.3 is 9.26 Å². The lowest BCUT2D eigenvalue weighted by molar-refractivity contribution is 0.390. The number of hydrogen-bond donors (Lipinski definition) is 0. The molecule has 23 heavy (non-hydrogen) atoms. The molecule has 118 valence electrons. The number of aromatic nitrogens is 2. The van der Waals surface area contributed by atoms with E-state index in [4.69, 9.17) is 9.26 Å². The third-order valence-corrected chi connectivity index (χ3v) is 4.05. The van der Waals surface area contributed by atoms with Crippen molar-refractivity contribution in [3.8, 4) is 17.1 Å². The number of nitrogens with zero attached hydrogens (tertiary/aromatic N) is 2. The number of benzene rings is 2. The Morgan fingerprint density at radius 3 is 2.74 bits per heavy atom. The van der Waals surface area contributed by atoms with Gasteiger partial charge >= 0.3 is 0 Å². The van der Waals surface area contributed by atoms with Crippen LogP contribution in [0.1, 0.15) is 5.89 Å². The molecule has 0 bridgehead atoms. The SMILES string of the molecule is COc1ccccc1-c1noc(CSc2ccc(F)c(F)c2)n1. The van der Waals surface area contributed by atoms with Gasteiger partial charge in [0.2, 0.25) is 11.7 Å². The molecule has 3 rings (SSSR count). The van der Waals surface area contributed by atoms with E-state index in [1.807, 2.05) is 18.2 Å². The molecular formula is C16H12F2N2O2S. The monoisotopic (exact) mass is 334 g/mol. The molecule has 0 saturated carbocycles. The second-order valence-corrected chi connectivity index (χ2v) is 5.63. The summed E-state index contributed by atoms with van der Waals surface area (Å²) >= 11 is 1.28. The van der Waals surface area contributed by atoms with Gasteiger partial charge in [-0.3, -0.25) is 0 Å². The van der Waals surface area contributed by atoms with Crippen molar-refractivity contribution >= 4 is 11.8 Å². The van der Waals surface area contributed by atoms with Crippen molar-refractivity contribution in [3.05, 3.63) is 60.0 Å². The van der Waals surface area contributed by atoms with Crippen LogP contribution in [0.25, 0.3) is 11.4 Å². The third kappa shape index (κ3) is 3.50. The van der Waals surface area contributed by atoms with E-state index in [1.54, 1.807) is 13.2 Å². The van der Waals surface area contributed by atoms with Crippen LogP contribution in [0.3, 0.4) is 0 Å². The van der Waals surface area contributed by atoms with Crippen molar-refractivity contribution in [3.63, 3.8) is 0 Å². The van der Waals surface area contributed by atoms with Gasteiger partial charge in [-0.2, -0.15) is 4.98 Å². The van der Waals surface area contributed by atoms with Crippen LogP contribution in [0.4, 0.5) is 8.78 Å². The van der Waals surface area contributed by atoms with Crippen molar-refractivity contribution < 1.29 is 18.0 Å². The first-order chi connectivity index (χ1) is 11.2. The molecule has 0 fully saturated rings. The van der Waals surface area contributed by atoms with Crippen molar-refractivity contribution in [1.82, 2.24) is 10.1 Å². The van der Waals surface area contributed by atoms with E-state index >= 15 is 0 Å². The molecule has 1 heterocycles. The van der Waals surface area contributed by atoms with E-state index in [1.165, 1.54) is 17.8 Å². The normalized spacial score (nSPS) is 10.7. The molecule has 0 aliphatic heterocycles. The lowest BCUT2D eigenvalue weighted by atomic mass is 10.2. The van der Waals surface area contributed by atoms with Crippen molar-refractivity contribution in [1.29, 1.82) is 0 Å². The van der Waals surface area contributed by atoms with Gasteiger partial charge in [0.1, 0.15) is 5.75 Å². The van der Waals surface area contributed by atoms with E-state index < -0.39 is 11.6 Å². The Balaban J connectivity index is 1.73. The fraction of sp³-hybridized carbons (Fsp3) is 0.125. The molecule has 0 atom stereocenters. The van der Waals surface area contributed by atoms with Crippen molar-refractivity contribution in [2.45, 2.75) is 10.6 Å². The first kappa shape index (κ1) is 15.5. The van der Waals surface area contributed by atoms with Gasteiger partial charge in [-0.1, -0.05) is 17.3 Å². The summed E-state index contributed by atoms with van der Waals surface area (Å²) in [6.07, 6.45) is 0. The molecule has 0 radical (unpaired) electrons. The number of ether oxygens (including phenoxy) is 1. The second kappa shape index (κ2) is 6.78. The van der Waals surface area contributed by atoms with Gasteiger partial charge in [-0.05, 0) is 30.3 Å². The summed E-state index contributed by atoms with van der Waals surface area (Å²) in [5, 5.41) is 3.93. The quantitative estimate of drug-likeness (QED) is 0.651. The standard InChI is InChI=1S/C16H12F2N2O2S/c1-21-14-5-3-2-4-11(14)16-19-15(22-20-16)9-23-10-6-7-12(17)13(18)8-10/h2-8H,9H2,1H3. The van der Waals surface area contributed by atoms with Crippen LogP contribution in [0, 0.1) is 11.6 Å². The predicted octanol–water partition coefficient (Wildman–Crippen LogP) is 4.32. The van der Waals surface area contributed by atoms with E-state index in [-0.39, 0.29) is 0 Å². The summed E-state index contributed by atoms with van der Waals surface area (Å²) < 4.78 is 36.5. The molecular weight excluding hydrogens is 322 g/mol. The summed E-state index contributed by atoms with van der Waals surface area (Å²) in [5.41, 5.74) is 0.725.